The normalized spacial score (nSPS) is 21.1. The Hall–Kier alpha value is -1.66. The van der Waals surface area contributed by atoms with Crippen LogP contribution in [0.5, 0.6) is 0 Å². The Bertz CT molecular complexity index is 592. The molecule has 1 aromatic rings. The van der Waals surface area contributed by atoms with Crippen LogP contribution in [0.1, 0.15) is 32.3 Å². The van der Waals surface area contributed by atoms with Gasteiger partial charge in [0.1, 0.15) is 6.29 Å². The number of carbonyl (C=O) groups is 3. The molecule has 2 unspecified atom stereocenters. The van der Waals surface area contributed by atoms with Gasteiger partial charge in [-0.05, 0) is 24.3 Å². The lowest BCUT2D eigenvalue weighted by atomic mass is 9.90. The van der Waals surface area contributed by atoms with Crippen molar-refractivity contribution in [2.75, 3.05) is 5.75 Å². The number of benzene rings is 1. The molecule has 0 bridgehead atoms. The highest BCUT2D eigenvalue weighted by atomic mass is 32.2. The first-order valence-electron chi connectivity index (χ1n) is 8.72. The van der Waals surface area contributed by atoms with E-state index in [4.69, 9.17) is 0 Å². The molecule has 1 fully saturated rings. The minimum atomic E-state index is -0.567. The molecule has 0 aliphatic carbocycles. The molecule has 0 spiro atoms. The Labute approximate surface area is 153 Å². The smallest absolute Gasteiger partial charge is 0.220 e. The second-order valence-corrected chi connectivity index (χ2v) is 7.59. The molecule has 6 heteroatoms. The summed E-state index contributed by atoms with van der Waals surface area (Å²) in [5.41, 5.74) is 1.20. The third-order valence-corrected chi connectivity index (χ3v) is 5.37. The Kier molecular flexibility index (Phi) is 7.65. The number of Topliss-reactive ketones (excluding diaryl/α,β-unsaturated/α-hetero) is 1. The zero-order chi connectivity index (χ0) is 18.2. The minimum Gasteiger partial charge on any atom is -0.346 e. The summed E-state index contributed by atoms with van der Waals surface area (Å²) < 4.78 is 3.02. The van der Waals surface area contributed by atoms with Gasteiger partial charge in [0, 0.05) is 18.1 Å². The van der Waals surface area contributed by atoms with Gasteiger partial charge in [-0.2, -0.15) is 0 Å². The SMILES string of the molecule is CC(C)C(NC(=O)CCCc1ccccc1)C(=O)C1NSC[C@H]1C=O. The number of ketones is 1. The van der Waals surface area contributed by atoms with E-state index in [1.807, 2.05) is 44.2 Å². The summed E-state index contributed by atoms with van der Waals surface area (Å²) in [5, 5.41) is 2.87. The van der Waals surface area contributed by atoms with Gasteiger partial charge >= 0.3 is 0 Å². The van der Waals surface area contributed by atoms with Crippen molar-refractivity contribution in [1.82, 2.24) is 10.0 Å². The Balaban J connectivity index is 1.86. The van der Waals surface area contributed by atoms with Crippen LogP contribution >= 0.6 is 11.9 Å². The van der Waals surface area contributed by atoms with E-state index in [9.17, 15) is 14.4 Å². The largest absolute Gasteiger partial charge is 0.346 e. The second-order valence-electron chi connectivity index (χ2n) is 6.74. The lowest BCUT2D eigenvalue weighted by molar-refractivity contribution is -0.131. The van der Waals surface area contributed by atoms with E-state index in [0.717, 1.165) is 19.1 Å². The van der Waals surface area contributed by atoms with Crippen LogP contribution in [0.3, 0.4) is 0 Å². The van der Waals surface area contributed by atoms with Crippen molar-refractivity contribution < 1.29 is 14.4 Å². The number of aldehydes is 1. The number of amides is 1. The Morgan fingerprint density at radius 2 is 2.04 bits per heavy atom. The highest BCUT2D eigenvalue weighted by Crippen LogP contribution is 2.22. The van der Waals surface area contributed by atoms with Crippen LogP contribution in [0.4, 0.5) is 0 Å². The molecule has 1 amide bonds. The topological polar surface area (TPSA) is 75.3 Å². The van der Waals surface area contributed by atoms with Crippen molar-refractivity contribution in [1.29, 1.82) is 0 Å². The molecule has 1 heterocycles. The van der Waals surface area contributed by atoms with Crippen LogP contribution in [0.25, 0.3) is 0 Å². The number of hydrogen-bond donors (Lipinski definition) is 2. The van der Waals surface area contributed by atoms with Crippen LogP contribution in [0.2, 0.25) is 0 Å². The summed E-state index contributed by atoms with van der Waals surface area (Å²) in [4.78, 5) is 36.1. The van der Waals surface area contributed by atoms with Crippen molar-refractivity contribution in [3.8, 4) is 0 Å². The van der Waals surface area contributed by atoms with Gasteiger partial charge < -0.3 is 10.1 Å². The van der Waals surface area contributed by atoms with Crippen molar-refractivity contribution in [2.45, 2.75) is 45.2 Å². The Morgan fingerprint density at radius 3 is 2.68 bits per heavy atom. The third-order valence-electron chi connectivity index (χ3n) is 4.40. The van der Waals surface area contributed by atoms with E-state index >= 15 is 0 Å². The molecule has 25 heavy (non-hydrogen) atoms. The number of hydrogen-bond acceptors (Lipinski definition) is 5. The van der Waals surface area contributed by atoms with E-state index < -0.39 is 12.1 Å². The summed E-state index contributed by atoms with van der Waals surface area (Å²) in [6.45, 7) is 3.82. The fourth-order valence-electron chi connectivity index (χ4n) is 2.91. The van der Waals surface area contributed by atoms with Gasteiger partial charge in [0.2, 0.25) is 5.91 Å². The number of nitrogens with one attached hydrogen (secondary N) is 2. The molecule has 3 atom stereocenters. The average Bonchev–Trinajstić information content (AvgIpc) is 3.08. The van der Waals surface area contributed by atoms with Crippen LogP contribution < -0.4 is 10.0 Å². The van der Waals surface area contributed by atoms with Crippen LogP contribution in [-0.2, 0) is 20.8 Å². The van der Waals surface area contributed by atoms with Crippen LogP contribution in [0, 0.1) is 11.8 Å². The Morgan fingerprint density at radius 1 is 1.32 bits per heavy atom. The van der Waals surface area contributed by atoms with Crippen molar-refractivity contribution in [3.05, 3.63) is 35.9 Å². The standard InChI is InChI=1S/C19H26N2O3S/c1-13(2)17(19(24)18-15(11-22)12-25-21-18)20-16(23)10-6-9-14-7-4-3-5-8-14/h3-5,7-8,11,13,15,17-18,21H,6,9-10,12H2,1-2H3,(H,20,23)/t15-,17?,18?/m1/s1. The van der Waals surface area contributed by atoms with E-state index in [0.29, 0.717) is 12.2 Å². The van der Waals surface area contributed by atoms with Crippen molar-refractivity contribution in [2.24, 2.45) is 11.8 Å². The van der Waals surface area contributed by atoms with Gasteiger partial charge in [-0.15, -0.1) is 0 Å². The molecule has 1 saturated heterocycles. The molecule has 5 nitrogen and oxygen atoms in total. The molecule has 1 aliphatic heterocycles. The van der Waals surface area contributed by atoms with E-state index in [-0.39, 0.29) is 23.5 Å². The highest BCUT2D eigenvalue weighted by Gasteiger charge is 2.38. The van der Waals surface area contributed by atoms with Crippen LogP contribution in [-0.4, -0.2) is 35.8 Å². The molecule has 136 valence electrons. The maximum absolute atomic E-state index is 12.7. The number of rotatable bonds is 9. The molecule has 2 N–H and O–H groups in total. The summed E-state index contributed by atoms with van der Waals surface area (Å²) in [5.74, 6) is 0.0271. The predicted molar refractivity (Wildman–Crippen MR) is 100 cm³/mol. The van der Waals surface area contributed by atoms with E-state index in [1.165, 1.54) is 17.5 Å². The fourth-order valence-corrected chi connectivity index (χ4v) is 3.94. The lowest BCUT2D eigenvalue weighted by Crippen LogP contribution is -2.52. The number of carbonyl (C=O) groups excluding carboxylic acids is 3. The first-order chi connectivity index (χ1) is 12.0. The summed E-state index contributed by atoms with van der Waals surface area (Å²) in [7, 11) is 0. The zero-order valence-electron chi connectivity index (χ0n) is 14.7. The molecule has 0 radical (unpaired) electrons. The van der Waals surface area contributed by atoms with Gasteiger partial charge in [-0.25, -0.2) is 0 Å². The zero-order valence-corrected chi connectivity index (χ0v) is 15.6. The summed E-state index contributed by atoms with van der Waals surface area (Å²) in [6, 6.07) is 8.94. The molecule has 0 aromatic heterocycles. The minimum absolute atomic E-state index is 0.0229. The third kappa shape index (κ3) is 5.68. The van der Waals surface area contributed by atoms with Gasteiger partial charge in [-0.1, -0.05) is 56.1 Å². The molecule has 2 rings (SSSR count). The summed E-state index contributed by atoms with van der Waals surface area (Å²) >= 11 is 1.39. The monoisotopic (exact) mass is 362 g/mol. The first kappa shape index (κ1) is 19.7. The van der Waals surface area contributed by atoms with Gasteiger partial charge in [-0.3, -0.25) is 14.3 Å². The van der Waals surface area contributed by atoms with Gasteiger partial charge in [0.15, 0.2) is 5.78 Å². The number of aryl methyl sites for hydroxylation is 1. The van der Waals surface area contributed by atoms with E-state index in [2.05, 4.69) is 10.0 Å². The van der Waals surface area contributed by atoms with Crippen molar-refractivity contribution in [3.63, 3.8) is 0 Å². The van der Waals surface area contributed by atoms with Gasteiger partial charge in [0.25, 0.3) is 0 Å². The highest BCUT2D eigenvalue weighted by molar-refractivity contribution is 7.97. The molecule has 1 aromatic carbocycles. The van der Waals surface area contributed by atoms with Gasteiger partial charge in [0.05, 0.1) is 12.1 Å². The fraction of sp³-hybridized carbons (Fsp3) is 0.526. The molecule has 1 aliphatic rings. The van der Waals surface area contributed by atoms with E-state index in [1.54, 1.807) is 0 Å². The molecular weight excluding hydrogens is 336 g/mol. The first-order valence-corrected chi connectivity index (χ1v) is 9.71. The maximum Gasteiger partial charge on any atom is 0.220 e. The molecular formula is C19H26N2O3S. The second kappa shape index (κ2) is 9.73. The lowest BCUT2D eigenvalue weighted by Gasteiger charge is -2.25. The maximum atomic E-state index is 12.7. The quantitative estimate of drug-likeness (QED) is 0.520. The predicted octanol–water partition coefficient (Wildman–Crippen LogP) is 2.15. The molecule has 0 saturated carbocycles. The van der Waals surface area contributed by atoms with Crippen LogP contribution in [0.15, 0.2) is 30.3 Å². The summed E-state index contributed by atoms with van der Waals surface area (Å²) in [6.07, 6.45) is 2.79. The average molecular weight is 362 g/mol. The van der Waals surface area contributed by atoms with Crippen molar-refractivity contribution >= 4 is 29.9 Å².